The Hall–Kier alpha value is -1.04. The number of nitrogens with zero attached hydrogens (tertiary/aromatic N) is 1. The number of thioether (sulfide) groups is 1. The highest BCUT2D eigenvalue weighted by Crippen LogP contribution is 2.24. The molecule has 98 valence electrons. The molecule has 0 spiro atoms. The predicted molar refractivity (Wildman–Crippen MR) is 76.1 cm³/mol. The number of para-hydroxylation sites is 1. The Labute approximate surface area is 112 Å². The SMILES string of the molecule is CSc1ccccc1NC(=O)CN(C)C1CNC1. The molecule has 0 unspecified atom stereocenters. The first-order chi connectivity index (χ1) is 8.70. The fourth-order valence-corrected chi connectivity index (χ4v) is 2.43. The van der Waals surface area contributed by atoms with Gasteiger partial charge in [-0.15, -0.1) is 11.8 Å². The summed E-state index contributed by atoms with van der Waals surface area (Å²) >= 11 is 1.64. The molecule has 0 aromatic heterocycles. The summed E-state index contributed by atoms with van der Waals surface area (Å²) in [6.07, 6.45) is 2.01. The van der Waals surface area contributed by atoms with E-state index in [2.05, 4.69) is 15.5 Å². The second-order valence-corrected chi connectivity index (χ2v) is 5.32. The molecule has 1 aromatic rings. The van der Waals surface area contributed by atoms with Crippen molar-refractivity contribution in [1.82, 2.24) is 10.2 Å². The molecule has 1 aromatic carbocycles. The molecule has 4 nitrogen and oxygen atoms in total. The van der Waals surface area contributed by atoms with Gasteiger partial charge in [-0.3, -0.25) is 9.69 Å². The summed E-state index contributed by atoms with van der Waals surface area (Å²) < 4.78 is 0. The van der Waals surface area contributed by atoms with Gasteiger partial charge in [0, 0.05) is 24.0 Å². The van der Waals surface area contributed by atoms with Crippen LogP contribution in [-0.2, 0) is 4.79 Å². The first-order valence-electron chi connectivity index (χ1n) is 6.04. The number of carbonyl (C=O) groups excluding carboxylic acids is 1. The Morgan fingerprint density at radius 1 is 1.50 bits per heavy atom. The number of hydrogen-bond donors (Lipinski definition) is 2. The van der Waals surface area contributed by atoms with E-state index in [1.54, 1.807) is 11.8 Å². The minimum Gasteiger partial charge on any atom is -0.324 e. The molecule has 0 saturated carbocycles. The lowest BCUT2D eigenvalue weighted by Gasteiger charge is -2.35. The lowest BCUT2D eigenvalue weighted by Crippen LogP contribution is -2.57. The maximum atomic E-state index is 12.0. The van der Waals surface area contributed by atoms with Crippen LogP contribution in [0.5, 0.6) is 0 Å². The Morgan fingerprint density at radius 3 is 2.83 bits per heavy atom. The van der Waals surface area contributed by atoms with E-state index in [1.807, 2.05) is 37.6 Å². The van der Waals surface area contributed by atoms with Crippen molar-refractivity contribution in [2.45, 2.75) is 10.9 Å². The number of carbonyl (C=O) groups is 1. The van der Waals surface area contributed by atoms with Gasteiger partial charge in [-0.25, -0.2) is 0 Å². The van der Waals surface area contributed by atoms with Crippen LogP contribution in [0, 0.1) is 0 Å². The molecule has 1 amide bonds. The van der Waals surface area contributed by atoms with Crippen LogP contribution in [-0.4, -0.2) is 49.8 Å². The van der Waals surface area contributed by atoms with E-state index in [0.717, 1.165) is 23.7 Å². The standard InChI is InChI=1S/C13H19N3OS/c1-16(10-7-14-8-10)9-13(17)15-11-5-3-4-6-12(11)18-2/h3-6,10,14H,7-9H2,1-2H3,(H,15,17). The molecule has 5 heteroatoms. The van der Waals surface area contributed by atoms with E-state index in [-0.39, 0.29) is 5.91 Å². The van der Waals surface area contributed by atoms with Gasteiger partial charge in [-0.1, -0.05) is 12.1 Å². The number of anilines is 1. The van der Waals surface area contributed by atoms with Gasteiger partial charge in [0.05, 0.1) is 12.2 Å². The number of rotatable bonds is 5. The van der Waals surface area contributed by atoms with Gasteiger partial charge in [-0.05, 0) is 25.4 Å². The molecule has 0 atom stereocenters. The number of amides is 1. The van der Waals surface area contributed by atoms with E-state index >= 15 is 0 Å². The monoisotopic (exact) mass is 265 g/mol. The van der Waals surface area contributed by atoms with Crippen LogP contribution in [0.2, 0.25) is 0 Å². The van der Waals surface area contributed by atoms with Crippen molar-refractivity contribution in [3.05, 3.63) is 24.3 Å². The van der Waals surface area contributed by atoms with Crippen molar-refractivity contribution in [3.8, 4) is 0 Å². The highest BCUT2D eigenvalue weighted by Gasteiger charge is 2.22. The lowest BCUT2D eigenvalue weighted by molar-refractivity contribution is -0.117. The van der Waals surface area contributed by atoms with Gasteiger partial charge >= 0.3 is 0 Å². The predicted octanol–water partition coefficient (Wildman–Crippen LogP) is 1.25. The third-order valence-electron chi connectivity index (χ3n) is 3.16. The first-order valence-corrected chi connectivity index (χ1v) is 7.27. The Kier molecular flexibility index (Phi) is 4.63. The average molecular weight is 265 g/mol. The molecule has 1 fully saturated rings. The molecule has 0 bridgehead atoms. The van der Waals surface area contributed by atoms with E-state index in [0.29, 0.717) is 12.6 Å². The maximum absolute atomic E-state index is 12.0. The molecular weight excluding hydrogens is 246 g/mol. The van der Waals surface area contributed by atoms with Gasteiger partial charge in [0.1, 0.15) is 0 Å². The normalized spacial score (nSPS) is 15.5. The summed E-state index contributed by atoms with van der Waals surface area (Å²) in [7, 11) is 1.99. The topological polar surface area (TPSA) is 44.4 Å². The lowest BCUT2D eigenvalue weighted by atomic mass is 10.1. The van der Waals surface area contributed by atoms with Crippen molar-refractivity contribution in [2.75, 3.05) is 38.3 Å². The summed E-state index contributed by atoms with van der Waals surface area (Å²) in [5.74, 6) is 0.0471. The van der Waals surface area contributed by atoms with Crippen LogP contribution in [0.1, 0.15) is 0 Å². The third-order valence-corrected chi connectivity index (χ3v) is 3.95. The van der Waals surface area contributed by atoms with Crippen molar-refractivity contribution in [3.63, 3.8) is 0 Å². The van der Waals surface area contributed by atoms with E-state index in [9.17, 15) is 4.79 Å². The van der Waals surface area contributed by atoms with Crippen LogP contribution in [0.25, 0.3) is 0 Å². The Bertz CT molecular complexity index is 420. The van der Waals surface area contributed by atoms with Crippen molar-refractivity contribution >= 4 is 23.4 Å². The van der Waals surface area contributed by atoms with Crippen LogP contribution in [0.15, 0.2) is 29.2 Å². The molecule has 18 heavy (non-hydrogen) atoms. The second kappa shape index (κ2) is 6.22. The van der Waals surface area contributed by atoms with E-state index in [1.165, 1.54) is 0 Å². The molecule has 1 saturated heterocycles. The number of hydrogen-bond acceptors (Lipinski definition) is 4. The van der Waals surface area contributed by atoms with Crippen LogP contribution in [0.4, 0.5) is 5.69 Å². The van der Waals surface area contributed by atoms with Gasteiger partial charge < -0.3 is 10.6 Å². The van der Waals surface area contributed by atoms with Crippen molar-refractivity contribution in [1.29, 1.82) is 0 Å². The molecule has 1 aliphatic heterocycles. The van der Waals surface area contributed by atoms with Crippen LogP contribution in [0.3, 0.4) is 0 Å². The number of likely N-dealkylation sites (N-methyl/N-ethyl adjacent to an activating group) is 1. The second-order valence-electron chi connectivity index (χ2n) is 4.48. The van der Waals surface area contributed by atoms with Gasteiger partial charge in [0.25, 0.3) is 0 Å². The Balaban J connectivity index is 1.90. The fraction of sp³-hybridized carbons (Fsp3) is 0.462. The highest BCUT2D eigenvalue weighted by atomic mass is 32.2. The zero-order valence-electron chi connectivity index (χ0n) is 10.8. The quantitative estimate of drug-likeness (QED) is 0.787. The largest absolute Gasteiger partial charge is 0.324 e. The summed E-state index contributed by atoms with van der Waals surface area (Å²) in [6.45, 7) is 2.39. The summed E-state index contributed by atoms with van der Waals surface area (Å²) in [5.41, 5.74) is 0.898. The smallest absolute Gasteiger partial charge is 0.238 e. The van der Waals surface area contributed by atoms with Crippen molar-refractivity contribution in [2.24, 2.45) is 0 Å². The molecule has 2 rings (SSSR count). The van der Waals surface area contributed by atoms with Gasteiger partial charge in [0.2, 0.25) is 5.91 Å². The zero-order chi connectivity index (χ0) is 13.0. The van der Waals surface area contributed by atoms with E-state index in [4.69, 9.17) is 0 Å². The highest BCUT2D eigenvalue weighted by molar-refractivity contribution is 7.98. The Morgan fingerprint density at radius 2 is 2.22 bits per heavy atom. The van der Waals surface area contributed by atoms with Crippen LogP contribution < -0.4 is 10.6 Å². The number of nitrogens with one attached hydrogen (secondary N) is 2. The van der Waals surface area contributed by atoms with Crippen molar-refractivity contribution < 1.29 is 4.79 Å². The van der Waals surface area contributed by atoms with Gasteiger partial charge in [0.15, 0.2) is 0 Å². The molecule has 0 aliphatic carbocycles. The summed E-state index contributed by atoms with van der Waals surface area (Å²) in [6, 6.07) is 8.36. The van der Waals surface area contributed by atoms with Crippen LogP contribution >= 0.6 is 11.8 Å². The van der Waals surface area contributed by atoms with Gasteiger partial charge in [-0.2, -0.15) is 0 Å². The molecular formula is C13H19N3OS. The fourth-order valence-electron chi connectivity index (χ4n) is 1.88. The molecule has 0 radical (unpaired) electrons. The minimum absolute atomic E-state index is 0.0471. The molecule has 1 heterocycles. The average Bonchev–Trinajstić information content (AvgIpc) is 2.27. The summed E-state index contributed by atoms with van der Waals surface area (Å²) in [5, 5.41) is 6.18. The number of benzene rings is 1. The molecule has 1 aliphatic rings. The van der Waals surface area contributed by atoms with E-state index < -0.39 is 0 Å². The summed E-state index contributed by atoms with van der Waals surface area (Å²) in [4.78, 5) is 15.1. The third kappa shape index (κ3) is 3.25. The first kappa shape index (κ1) is 13.4. The minimum atomic E-state index is 0.0471. The maximum Gasteiger partial charge on any atom is 0.238 e. The zero-order valence-corrected chi connectivity index (χ0v) is 11.6. The molecule has 2 N–H and O–H groups in total.